The molecule has 0 radical (unpaired) electrons. The summed E-state index contributed by atoms with van der Waals surface area (Å²) in [6, 6.07) is 17.1. The highest BCUT2D eigenvalue weighted by molar-refractivity contribution is 6.30. The Kier molecular flexibility index (Phi) is 4.69. The number of nitrogens with one attached hydrogen (secondary N) is 1. The number of para-hydroxylation sites is 1. The van der Waals surface area contributed by atoms with E-state index in [0.29, 0.717) is 11.6 Å². The summed E-state index contributed by atoms with van der Waals surface area (Å²) in [5.41, 5.74) is 2.89. The van der Waals surface area contributed by atoms with Crippen LogP contribution >= 0.6 is 11.6 Å². The van der Waals surface area contributed by atoms with Gasteiger partial charge in [0, 0.05) is 29.2 Å². The molecule has 114 valence electrons. The number of carbonyl (C=O) groups is 1. The number of aromatic nitrogens is 1. The van der Waals surface area contributed by atoms with Crippen molar-refractivity contribution in [3.63, 3.8) is 0 Å². The second kappa shape index (κ2) is 7.07. The monoisotopic (exact) mass is 322 g/mol. The molecule has 0 fully saturated rings. The Labute approximate surface area is 139 Å². The fourth-order valence-corrected chi connectivity index (χ4v) is 2.41. The SMILES string of the molecule is O=C(C=Cc1ccnc2ccccc12)NCc1ccc(Cl)cc1. The first-order chi connectivity index (χ1) is 11.2. The highest BCUT2D eigenvalue weighted by atomic mass is 35.5. The number of hydrogen-bond donors (Lipinski definition) is 1. The third-order valence-corrected chi connectivity index (χ3v) is 3.73. The van der Waals surface area contributed by atoms with Crippen LogP contribution in [-0.4, -0.2) is 10.9 Å². The highest BCUT2D eigenvalue weighted by Crippen LogP contribution is 2.17. The first kappa shape index (κ1) is 15.3. The van der Waals surface area contributed by atoms with Gasteiger partial charge in [-0.15, -0.1) is 0 Å². The molecule has 3 rings (SSSR count). The van der Waals surface area contributed by atoms with Crippen molar-refractivity contribution in [3.8, 4) is 0 Å². The molecule has 2 aromatic carbocycles. The average molecular weight is 323 g/mol. The zero-order valence-corrected chi connectivity index (χ0v) is 13.1. The van der Waals surface area contributed by atoms with Gasteiger partial charge in [-0.3, -0.25) is 9.78 Å². The summed E-state index contributed by atoms with van der Waals surface area (Å²) >= 11 is 5.84. The van der Waals surface area contributed by atoms with E-state index in [2.05, 4.69) is 10.3 Å². The van der Waals surface area contributed by atoms with E-state index in [9.17, 15) is 4.79 Å². The summed E-state index contributed by atoms with van der Waals surface area (Å²) in [6.07, 6.45) is 5.09. The molecule has 1 aromatic heterocycles. The van der Waals surface area contributed by atoms with Crippen LogP contribution in [0, 0.1) is 0 Å². The van der Waals surface area contributed by atoms with Gasteiger partial charge in [-0.1, -0.05) is 41.9 Å². The second-order valence-corrected chi connectivity index (χ2v) is 5.53. The number of pyridine rings is 1. The molecule has 0 bridgehead atoms. The number of nitrogens with zero attached hydrogens (tertiary/aromatic N) is 1. The molecule has 3 aromatic rings. The second-order valence-electron chi connectivity index (χ2n) is 5.09. The molecule has 3 nitrogen and oxygen atoms in total. The summed E-state index contributed by atoms with van der Waals surface area (Å²) < 4.78 is 0. The molecule has 4 heteroatoms. The Balaban J connectivity index is 1.67. The first-order valence-corrected chi connectivity index (χ1v) is 7.64. The number of halogens is 1. The van der Waals surface area contributed by atoms with E-state index in [0.717, 1.165) is 22.0 Å². The van der Waals surface area contributed by atoms with Gasteiger partial charge in [-0.25, -0.2) is 0 Å². The molecule has 1 N–H and O–H groups in total. The molecule has 0 aliphatic heterocycles. The molecule has 23 heavy (non-hydrogen) atoms. The molecule has 1 heterocycles. The van der Waals surface area contributed by atoms with Crippen LogP contribution < -0.4 is 5.32 Å². The van der Waals surface area contributed by atoms with Crippen molar-refractivity contribution in [2.75, 3.05) is 0 Å². The van der Waals surface area contributed by atoms with Gasteiger partial charge < -0.3 is 5.32 Å². The van der Waals surface area contributed by atoms with Gasteiger partial charge in [0.15, 0.2) is 0 Å². The van der Waals surface area contributed by atoms with Crippen LogP contribution in [0.2, 0.25) is 5.02 Å². The molecule has 0 unspecified atom stereocenters. The third kappa shape index (κ3) is 3.96. The Morgan fingerprint density at radius 3 is 2.70 bits per heavy atom. The number of benzene rings is 2. The highest BCUT2D eigenvalue weighted by Gasteiger charge is 2.00. The largest absolute Gasteiger partial charge is 0.348 e. The molecule has 0 aliphatic rings. The Bertz CT molecular complexity index is 851. The molecule has 0 saturated carbocycles. The lowest BCUT2D eigenvalue weighted by Gasteiger charge is -2.03. The van der Waals surface area contributed by atoms with E-state index < -0.39 is 0 Å². The van der Waals surface area contributed by atoms with Gasteiger partial charge in [0.1, 0.15) is 0 Å². The molecule has 0 saturated heterocycles. The maximum absolute atomic E-state index is 12.0. The summed E-state index contributed by atoms with van der Waals surface area (Å²) in [5.74, 6) is -0.138. The lowest BCUT2D eigenvalue weighted by Crippen LogP contribution is -2.20. The number of amides is 1. The number of rotatable bonds is 4. The fourth-order valence-electron chi connectivity index (χ4n) is 2.28. The van der Waals surface area contributed by atoms with Crippen molar-refractivity contribution in [1.29, 1.82) is 0 Å². The zero-order valence-electron chi connectivity index (χ0n) is 12.4. The van der Waals surface area contributed by atoms with E-state index in [1.807, 2.05) is 54.6 Å². The van der Waals surface area contributed by atoms with Crippen molar-refractivity contribution in [1.82, 2.24) is 10.3 Å². The Morgan fingerprint density at radius 1 is 1.09 bits per heavy atom. The standard InChI is InChI=1S/C19H15ClN2O/c20-16-8-5-14(6-9-16)13-22-19(23)10-7-15-11-12-21-18-4-2-1-3-17(15)18/h1-12H,13H2,(H,22,23). The maximum atomic E-state index is 12.0. The Hall–Kier alpha value is -2.65. The Morgan fingerprint density at radius 2 is 1.87 bits per heavy atom. The fraction of sp³-hybridized carbons (Fsp3) is 0.0526. The van der Waals surface area contributed by atoms with Gasteiger partial charge >= 0.3 is 0 Å². The minimum absolute atomic E-state index is 0.138. The van der Waals surface area contributed by atoms with Crippen LogP contribution in [0.25, 0.3) is 17.0 Å². The summed E-state index contributed by atoms with van der Waals surface area (Å²) in [6.45, 7) is 0.470. The molecule has 0 spiro atoms. The number of hydrogen-bond acceptors (Lipinski definition) is 2. The summed E-state index contributed by atoms with van der Waals surface area (Å²) in [4.78, 5) is 16.3. The van der Waals surface area contributed by atoms with Crippen LogP contribution in [0.15, 0.2) is 66.9 Å². The van der Waals surface area contributed by atoms with Gasteiger partial charge in [0.2, 0.25) is 5.91 Å². The van der Waals surface area contributed by atoms with E-state index in [1.165, 1.54) is 6.08 Å². The average Bonchev–Trinajstić information content (AvgIpc) is 2.59. The van der Waals surface area contributed by atoms with Gasteiger partial charge in [0.25, 0.3) is 0 Å². The minimum Gasteiger partial charge on any atom is -0.348 e. The van der Waals surface area contributed by atoms with Crippen molar-refractivity contribution < 1.29 is 4.79 Å². The van der Waals surface area contributed by atoms with E-state index >= 15 is 0 Å². The van der Waals surface area contributed by atoms with Crippen LogP contribution in [0.5, 0.6) is 0 Å². The van der Waals surface area contributed by atoms with Crippen molar-refractivity contribution in [3.05, 3.63) is 83.0 Å². The van der Waals surface area contributed by atoms with E-state index in [1.54, 1.807) is 12.3 Å². The van der Waals surface area contributed by atoms with Crippen molar-refractivity contribution in [2.24, 2.45) is 0 Å². The van der Waals surface area contributed by atoms with Crippen LogP contribution in [-0.2, 0) is 11.3 Å². The predicted molar refractivity (Wildman–Crippen MR) is 94.1 cm³/mol. The maximum Gasteiger partial charge on any atom is 0.244 e. The zero-order chi connectivity index (χ0) is 16.1. The topological polar surface area (TPSA) is 42.0 Å². The van der Waals surface area contributed by atoms with Crippen molar-refractivity contribution >= 4 is 34.5 Å². The van der Waals surface area contributed by atoms with Crippen molar-refractivity contribution in [2.45, 2.75) is 6.54 Å². The van der Waals surface area contributed by atoms with Gasteiger partial charge in [-0.05, 0) is 41.5 Å². The molecular weight excluding hydrogens is 308 g/mol. The quantitative estimate of drug-likeness (QED) is 0.731. The summed E-state index contributed by atoms with van der Waals surface area (Å²) in [7, 11) is 0. The number of fused-ring (bicyclic) bond motifs is 1. The molecule has 1 amide bonds. The molecular formula is C19H15ClN2O. The van der Waals surface area contributed by atoms with Crippen LogP contribution in [0.1, 0.15) is 11.1 Å². The van der Waals surface area contributed by atoms with E-state index in [-0.39, 0.29) is 5.91 Å². The third-order valence-electron chi connectivity index (χ3n) is 3.48. The molecule has 0 aliphatic carbocycles. The minimum atomic E-state index is -0.138. The smallest absolute Gasteiger partial charge is 0.244 e. The predicted octanol–water partition coefficient (Wildman–Crippen LogP) is 4.22. The first-order valence-electron chi connectivity index (χ1n) is 7.26. The summed E-state index contributed by atoms with van der Waals surface area (Å²) in [5, 5.41) is 4.56. The lowest BCUT2D eigenvalue weighted by molar-refractivity contribution is -0.116. The van der Waals surface area contributed by atoms with Gasteiger partial charge in [0.05, 0.1) is 5.52 Å². The van der Waals surface area contributed by atoms with Crippen LogP contribution in [0.4, 0.5) is 0 Å². The molecule has 0 atom stereocenters. The van der Waals surface area contributed by atoms with E-state index in [4.69, 9.17) is 11.6 Å². The van der Waals surface area contributed by atoms with Crippen LogP contribution in [0.3, 0.4) is 0 Å². The normalized spacial score (nSPS) is 11.0. The van der Waals surface area contributed by atoms with Gasteiger partial charge in [-0.2, -0.15) is 0 Å². The lowest BCUT2D eigenvalue weighted by atomic mass is 10.1. The number of carbonyl (C=O) groups excluding carboxylic acids is 1.